The van der Waals surface area contributed by atoms with Gasteiger partial charge in [0.25, 0.3) is 5.91 Å². The fourth-order valence-corrected chi connectivity index (χ4v) is 3.01. The zero-order chi connectivity index (χ0) is 17.6. The molecule has 3 amide bonds. The van der Waals surface area contributed by atoms with Crippen LogP contribution in [-0.4, -0.2) is 47.3 Å². The Bertz CT molecular complexity index is 740. The quantitative estimate of drug-likeness (QED) is 0.761. The van der Waals surface area contributed by atoms with Crippen LogP contribution in [0, 0.1) is 17.5 Å². The summed E-state index contributed by atoms with van der Waals surface area (Å²) in [5.74, 6) is -5.44. The summed E-state index contributed by atoms with van der Waals surface area (Å²) in [5, 5.41) is 4.99. The van der Waals surface area contributed by atoms with Gasteiger partial charge in [0, 0.05) is 18.7 Å². The molecule has 0 unspecified atom stereocenters. The molecule has 2 fully saturated rings. The maximum absolute atomic E-state index is 13.6. The van der Waals surface area contributed by atoms with Gasteiger partial charge in [-0.25, -0.2) is 13.2 Å². The maximum atomic E-state index is 13.6. The third-order valence-corrected chi connectivity index (χ3v) is 4.21. The fourth-order valence-electron chi connectivity index (χ4n) is 3.01. The van der Waals surface area contributed by atoms with Crippen LogP contribution in [0.1, 0.15) is 23.7 Å². The number of rotatable bonds is 2. The standard InChI is InChI=1S/C15H14F3N3O3/c1-6-15(24)21-5-7(2-12(21)14(23)19-6)20-13(22)8-3-10(17)11(18)4-9(8)16/h3-4,6-7,12H,2,5H2,1H3,(H,19,23)(H,20,22)/t6-,7-,12-/m0/s1. The summed E-state index contributed by atoms with van der Waals surface area (Å²) in [6, 6.07) is -1.17. The zero-order valence-electron chi connectivity index (χ0n) is 12.6. The second kappa shape index (κ2) is 5.81. The van der Waals surface area contributed by atoms with Crippen molar-refractivity contribution in [3.05, 3.63) is 35.1 Å². The molecule has 3 rings (SSSR count). The third-order valence-electron chi connectivity index (χ3n) is 4.21. The fraction of sp³-hybridized carbons (Fsp3) is 0.400. The third kappa shape index (κ3) is 2.70. The van der Waals surface area contributed by atoms with E-state index >= 15 is 0 Å². The van der Waals surface area contributed by atoms with E-state index in [1.807, 2.05) is 0 Å². The monoisotopic (exact) mass is 341 g/mol. The normalized spacial score (nSPS) is 26.2. The summed E-state index contributed by atoms with van der Waals surface area (Å²) in [7, 11) is 0. The number of halogens is 3. The van der Waals surface area contributed by atoms with Gasteiger partial charge in [0.15, 0.2) is 11.6 Å². The van der Waals surface area contributed by atoms with E-state index in [1.54, 1.807) is 6.92 Å². The highest BCUT2D eigenvalue weighted by atomic mass is 19.2. The highest BCUT2D eigenvalue weighted by Gasteiger charge is 2.45. The topological polar surface area (TPSA) is 78.5 Å². The van der Waals surface area contributed by atoms with Crippen LogP contribution in [0.15, 0.2) is 12.1 Å². The van der Waals surface area contributed by atoms with Crippen molar-refractivity contribution >= 4 is 17.7 Å². The summed E-state index contributed by atoms with van der Waals surface area (Å²) < 4.78 is 39.7. The van der Waals surface area contributed by atoms with E-state index < -0.39 is 47.0 Å². The molecule has 0 spiro atoms. The van der Waals surface area contributed by atoms with Crippen molar-refractivity contribution in [3.8, 4) is 0 Å². The molecule has 1 aromatic rings. The molecule has 3 atom stereocenters. The van der Waals surface area contributed by atoms with Gasteiger partial charge < -0.3 is 15.5 Å². The molecule has 2 aliphatic rings. The average Bonchev–Trinajstić information content (AvgIpc) is 2.93. The van der Waals surface area contributed by atoms with Crippen molar-refractivity contribution < 1.29 is 27.6 Å². The lowest BCUT2D eigenvalue weighted by Crippen LogP contribution is -2.60. The highest BCUT2D eigenvalue weighted by Crippen LogP contribution is 2.23. The van der Waals surface area contributed by atoms with E-state index in [0.717, 1.165) is 0 Å². The van der Waals surface area contributed by atoms with Crippen LogP contribution < -0.4 is 10.6 Å². The van der Waals surface area contributed by atoms with Crippen LogP contribution in [0.4, 0.5) is 13.2 Å². The molecule has 2 aliphatic heterocycles. The molecule has 0 radical (unpaired) electrons. The first-order valence-corrected chi connectivity index (χ1v) is 7.34. The SMILES string of the molecule is C[C@@H]1NC(=O)[C@@H]2C[C@H](NC(=O)c3cc(F)c(F)cc3F)CN2C1=O. The van der Waals surface area contributed by atoms with E-state index in [2.05, 4.69) is 10.6 Å². The van der Waals surface area contributed by atoms with Crippen molar-refractivity contribution in [2.75, 3.05) is 6.54 Å². The molecular formula is C15H14F3N3O3. The van der Waals surface area contributed by atoms with E-state index in [4.69, 9.17) is 0 Å². The lowest BCUT2D eigenvalue weighted by atomic mass is 10.1. The molecule has 24 heavy (non-hydrogen) atoms. The number of fused-ring (bicyclic) bond motifs is 1. The molecule has 128 valence electrons. The van der Waals surface area contributed by atoms with E-state index in [9.17, 15) is 27.6 Å². The minimum absolute atomic E-state index is 0.0955. The Morgan fingerprint density at radius 2 is 1.88 bits per heavy atom. The number of amides is 3. The average molecular weight is 341 g/mol. The maximum Gasteiger partial charge on any atom is 0.254 e. The predicted octanol–water partition coefficient (Wildman–Crippen LogP) is 0.321. The van der Waals surface area contributed by atoms with Crippen LogP contribution in [0.25, 0.3) is 0 Å². The number of carbonyl (C=O) groups excluding carboxylic acids is 3. The van der Waals surface area contributed by atoms with Crippen LogP contribution in [-0.2, 0) is 9.59 Å². The van der Waals surface area contributed by atoms with Crippen molar-refractivity contribution in [2.45, 2.75) is 31.5 Å². The smallest absolute Gasteiger partial charge is 0.254 e. The van der Waals surface area contributed by atoms with Crippen LogP contribution in [0.3, 0.4) is 0 Å². The molecule has 2 saturated heterocycles. The van der Waals surface area contributed by atoms with Crippen molar-refractivity contribution in [1.82, 2.24) is 15.5 Å². The van der Waals surface area contributed by atoms with Crippen LogP contribution in [0.2, 0.25) is 0 Å². The van der Waals surface area contributed by atoms with Gasteiger partial charge in [-0.1, -0.05) is 0 Å². The first-order chi connectivity index (χ1) is 11.3. The Balaban J connectivity index is 1.74. The number of nitrogens with one attached hydrogen (secondary N) is 2. The van der Waals surface area contributed by atoms with E-state index in [1.165, 1.54) is 4.90 Å². The lowest BCUT2D eigenvalue weighted by Gasteiger charge is -2.32. The second-order valence-corrected chi connectivity index (χ2v) is 5.89. The molecule has 0 aliphatic carbocycles. The number of hydrogen-bond donors (Lipinski definition) is 2. The molecule has 1 aromatic carbocycles. The van der Waals surface area contributed by atoms with Crippen molar-refractivity contribution in [2.24, 2.45) is 0 Å². The number of carbonyl (C=O) groups is 3. The summed E-state index contributed by atoms with van der Waals surface area (Å²) in [6.07, 6.45) is 0.168. The summed E-state index contributed by atoms with van der Waals surface area (Å²) in [6.45, 7) is 1.65. The van der Waals surface area contributed by atoms with Gasteiger partial charge in [-0.3, -0.25) is 14.4 Å². The van der Waals surface area contributed by atoms with Gasteiger partial charge in [0.1, 0.15) is 17.9 Å². The van der Waals surface area contributed by atoms with Gasteiger partial charge in [0.05, 0.1) is 5.56 Å². The molecule has 6 nitrogen and oxygen atoms in total. The summed E-state index contributed by atoms with van der Waals surface area (Å²) in [4.78, 5) is 37.4. The number of hydrogen-bond acceptors (Lipinski definition) is 3. The number of benzene rings is 1. The van der Waals surface area contributed by atoms with Crippen molar-refractivity contribution in [1.29, 1.82) is 0 Å². The molecular weight excluding hydrogens is 327 g/mol. The van der Waals surface area contributed by atoms with Crippen LogP contribution >= 0.6 is 0 Å². The minimum atomic E-state index is -1.39. The summed E-state index contributed by atoms with van der Waals surface area (Å²) >= 11 is 0. The zero-order valence-corrected chi connectivity index (χ0v) is 12.6. The van der Waals surface area contributed by atoms with Gasteiger partial charge in [0.2, 0.25) is 11.8 Å². The molecule has 0 saturated carbocycles. The number of nitrogens with zero attached hydrogens (tertiary/aromatic N) is 1. The van der Waals surface area contributed by atoms with E-state index in [-0.39, 0.29) is 24.8 Å². The first kappa shape index (κ1) is 16.3. The van der Waals surface area contributed by atoms with Crippen LogP contribution in [0.5, 0.6) is 0 Å². The highest BCUT2D eigenvalue weighted by molar-refractivity contribution is 5.98. The van der Waals surface area contributed by atoms with Gasteiger partial charge in [-0.2, -0.15) is 0 Å². The first-order valence-electron chi connectivity index (χ1n) is 7.34. The molecule has 2 heterocycles. The lowest BCUT2D eigenvalue weighted by molar-refractivity contribution is -0.146. The Morgan fingerprint density at radius 3 is 2.58 bits per heavy atom. The van der Waals surface area contributed by atoms with Crippen molar-refractivity contribution in [3.63, 3.8) is 0 Å². The molecule has 0 bridgehead atoms. The second-order valence-electron chi connectivity index (χ2n) is 5.89. The largest absolute Gasteiger partial charge is 0.347 e. The Hall–Kier alpha value is -2.58. The molecule has 2 N–H and O–H groups in total. The van der Waals surface area contributed by atoms with Gasteiger partial charge in [-0.15, -0.1) is 0 Å². The predicted molar refractivity (Wildman–Crippen MR) is 75.3 cm³/mol. The van der Waals surface area contributed by atoms with Gasteiger partial charge in [-0.05, 0) is 19.4 Å². The Morgan fingerprint density at radius 1 is 1.21 bits per heavy atom. The summed E-state index contributed by atoms with van der Waals surface area (Å²) in [5.41, 5.74) is -0.636. The Kier molecular flexibility index (Phi) is 3.94. The molecule has 0 aromatic heterocycles. The van der Waals surface area contributed by atoms with E-state index in [0.29, 0.717) is 12.1 Å². The minimum Gasteiger partial charge on any atom is -0.347 e. The number of piperazine rings is 1. The molecule has 9 heteroatoms. The van der Waals surface area contributed by atoms with Gasteiger partial charge >= 0.3 is 0 Å². The Labute approximate surface area is 135 Å².